The number of nitrogens with zero attached hydrogens (tertiary/aromatic N) is 1. The summed E-state index contributed by atoms with van der Waals surface area (Å²) < 4.78 is 40.1. The lowest BCUT2D eigenvalue weighted by Gasteiger charge is -2.34. The van der Waals surface area contributed by atoms with Crippen LogP contribution in [-0.2, 0) is 16.8 Å². The number of thioether (sulfide) groups is 1. The summed E-state index contributed by atoms with van der Waals surface area (Å²) in [4.78, 5) is 15.0. The second-order valence-electron chi connectivity index (χ2n) is 6.75. The third kappa shape index (κ3) is 3.82. The minimum Gasteiger partial charge on any atom is -0.373 e. The third-order valence-corrected chi connectivity index (χ3v) is 5.82. The molecule has 2 aromatic carbocycles. The van der Waals surface area contributed by atoms with Gasteiger partial charge in [0.05, 0.1) is 12.1 Å². The van der Waals surface area contributed by atoms with Crippen molar-refractivity contribution in [3.8, 4) is 0 Å². The molecule has 0 radical (unpaired) electrons. The number of benzene rings is 2. The molecule has 0 fully saturated rings. The first-order valence-electron chi connectivity index (χ1n) is 8.74. The fraction of sp³-hybridized carbons (Fsp3) is 0.286. The van der Waals surface area contributed by atoms with E-state index in [1.54, 1.807) is 4.90 Å². The van der Waals surface area contributed by atoms with Gasteiger partial charge in [-0.2, -0.15) is 13.2 Å². The number of halogens is 3. The van der Waals surface area contributed by atoms with Gasteiger partial charge in [-0.1, -0.05) is 49.9 Å². The molecule has 2 unspecified atom stereocenters. The molecule has 7 heteroatoms. The lowest BCUT2D eigenvalue weighted by molar-refractivity contribution is -0.245. The Labute approximate surface area is 165 Å². The van der Waals surface area contributed by atoms with Gasteiger partial charge in [0.2, 0.25) is 11.5 Å². The Kier molecular flexibility index (Phi) is 5.59. The van der Waals surface area contributed by atoms with E-state index in [9.17, 15) is 23.1 Å². The molecule has 0 aromatic heterocycles. The van der Waals surface area contributed by atoms with Crippen molar-refractivity contribution in [2.45, 2.75) is 35.3 Å². The maximum absolute atomic E-state index is 13.4. The molecule has 0 aliphatic carbocycles. The smallest absolute Gasteiger partial charge is 0.373 e. The highest BCUT2D eigenvalue weighted by Crippen LogP contribution is 2.45. The average Bonchev–Trinajstić information content (AvgIpc) is 2.65. The van der Waals surface area contributed by atoms with Gasteiger partial charge in [-0.3, -0.25) is 4.79 Å². The average molecular weight is 407 g/mol. The lowest BCUT2D eigenvalue weighted by Crippen LogP contribution is -2.41. The Morgan fingerprint density at radius 3 is 2.57 bits per heavy atom. The van der Waals surface area contributed by atoms with Gasteiger partial charge in [-0.15, -0.1) is 11.8 Å². The van der Waals surface area contributed by atoms with E-state index in [1.807, 2.05) is 37.3 Å². The van der Waals surface area contributed by atoms with Gasteiger partial charge in [0.1, 0.15) is 0 Å². The molecule has 1 heterocycles. The van der Waals surface area contributed by atoms with Crippen molar-refractivity contribution in [2.24, 2.45) is 0 Å². The van der Waals surface area contributed by atoms with Crippen molar-refractivity contribution in [3.63, 3.8) is 0 Å². The normalized spacial score (nSPS) is 18.9. The first kappa shape index (κ1) is 20.5. The molecule has 0 spiro atoms. The fourth-order valence-electron chi connectivity index (χ4n) is 3.18. The largest absolute Gasteiger partial charge is 0.425 e. The van der Waals surface area contributed by atoms with E-state index in [0.717, 1.165) is 5.56 Å². The van der Waals surface area contributed by atoms with Crippen LogP contribution in [0.2, 0.25) is 0 Å². The van der Waals surface area contributed by atoms with Crippen LogP contribution in [0, 0.1) is 0 Å². The highest BCUT2D eigenvalue weighted by atomic mass is 32.2. The number of amides is 1. The van der Waals surface area contributed by atoms with Crippen LogP contribution in [0.15, 0.2) is 66.1 Å². The van der Waals surface area contributed by atoms with Gasteiger partial charge in [-0.05, 0) is 29.3 Å². The van der Waals surface area contributed by atoms with Gasteiger partial charge < -0.3 is 10.0 Å². The fourth-order valence-corrected chi connectivity index (χ4v) is 4.33. The molecule has 1 N–H and O–H groups in total. The summed E-state index contributed by atoms with van der Waals surface area (Å²) in [6, 6.07) is 13.3. The Balaban J connectivity index is 1.96. The zero-order valence-electron chi connectivity index (χ0n) is 15.2. The van der Waals surface area contributed by atoms with Crippen molar-refractivity contribution in [1.29, 1.82) is 0 Å². The number of fused-ring (bicyclic) bond motifs is 1. The summed E-state index contributed by atoms with van der Waals surface area (Å²) in [5.74, 6) is -0.123. The minimum atomic E-state index is -4.89. The number of aliphatic hydroxyl groups is 1. The van der Waals surface area contributed by atoms with Crippen molar-refractivity contribution in [1.82, 2.24) is 0 Å². The van der Waals surface area contributed by atoms with Gasteiger partial charge in [0, 0.05) is 16.7 Å². The van der Waals surface area contributed by atoms with E-state index in [2.05, 4.69) is 6.58 Å². The minimum absolute atomic E-state index is 0.00480. The summed E-state index contributed by atoms with van der Waals surface area (Å²) >= 11 is 1.38. The molecule has 3 nitrogen and oxygen atoms in total. The Hall–Kier alpha value is -2.25. The third-order valence-electron chi connectivity index (χ3n) is 4.69. The van der Waals surface area contributed by atoms with E-state index in [4.69, 9.17) is 0 Å². The molecule has 1 aliphatic heterocycles. The molecular formula is C21H20F3NO2S. The van der Waals surface area contributed by atoms with E-state index in [1.165, 1.54) is 30.0 Å². The number of rotatable bonds is 4. The Morgan fingerprint density at radius 2 is 1.96 bits per heavy atom. The van der Waals surface area contributed by atoms with Crippen LogP contribution in [0.1, 0.15) is 18.1 Å². The summed E-state index contributed by atoms with van der Waals surface area (Å²) in [7, 11) is 0. The maximum Gasteiger partial charge on any atom is 0.425 e. The van der Waals surface area contributed by atoms with Crippen LogP contribution < -0.4 is 4.90 Å². The molecule has 148 valence electrons. The molecule has 3 rings (SSSR count). The number of carbonyl (C=O) groups excluding carboxylic acids is 1. The highest BCUT2D eigenvalue weighted by molar-refractivity contribution is 8.00. The number of anilines is 1. The molecule has 2 aromatic rings. The molecule has 0 bridgehead atoms. The van der Waals surface area contributed by atoms with Gasteiger partial charge in [0.25, 0.3) is 0 Å². The molecule has 0 saturated heterocycles. The van der Waals surface area contributed by atoms with Gasteiger partial charge in [-0.25, -0.2) is 0 Å². The second kappa shape index (κ2) is 7.64. The van der Waals surface area contributed by atoms with E-state index in [0.29, 0.717) is 23.2 Å². The van der Waals surface area contributed by atoms with Crippen molar-refractivity contribution in [2.75, 3.05) is 11.4 Å². The van der Waals surface area contributed by atoms with E-state index in [-0.39, 0.29) is 23.1 Å². The summed E-state index contributed by atoms with van der Waals surface area (Å²) in [6.07, 6.45) is -4.20. The molecule has 0 saturated carbocycles. The maximum atomic E-state index is 13.4. The second-order valence-corrected chi connectivity index (χ2v) is 8.23. The van der Waals surface area contributed by atoms with Crippen LogP contribution in [0.5, 0.6) is 0 Å². The Morgan fingerprint density at radius 1 is 1.29 bits per heavy atom. The summed E-state index contributed by atoms with van der Waals surface area (Å²) in [5, 5.41) is 10.1. The van der Waals surface area contributed by atoms with Gasteiger partial charge in [0.15, 0.2) is 0 Å². The van der Waals surface area contributed by atoms with E-state index < -0.39 is 11.8 Å². The summed E-state index contributed by atoms with van der Waals surface area (Å²) in [5.41, 5.74) is -2.02. The summed E-state index contributed by atoms with van der Waals surface area (Å²) in [6.45, 7) is 5.53. The van der Waals surface area contributed by atoms with Crippen molar-refractivity contribution in [3.05, 3.63) is 72.3 Å². The zero-order valence-corrected chi connectivity index (χ0v) is 16.1. The van der Waals surface area contributed by atoms with Crippen LogP contribution in [0.25, 0.3) is 0 Å². The predicted molar refractivity (Wildman–Crippen MR) is 104 cm³/mol. The van der Waals surface area contributed by atoms with Crippen LogP contribution >= 0.6 is 11.8 Å². The zero-order chi connectivity index (χ0) is 20.5. The number of hydrogen-bond acceptors (Lipinski definition) is 3. The first-order chi connectivity index (χ1) is 13.2. The quantitative estimate of drug-likeness (QED) is 0.748. The number of alkyl halides is 3. The SMILES string of the molecule is C=CC(O)(c1ccc2c(c1)SC(C)CN2C(=O)Cc1ccccc1)C(F)(F)F. The molecule has 1 amide bonds. The molecule has 28 heavy (non-hydrogen) atoms. The first-order valence-corrected chi connectivity index (χ1v) is 9.62. The number of hydrogen-bond donors (Lipinski definition) is 1. The van der Waals surface area contributed by atoms with E-state index >= 15 is 0 Å². The molecule has 2 atom stereocenters. The topological polar surface area (TPSA) is 40.5 Å². The lowest BCUT2D eigenvalue weighted by atomic mass is 9.93. The van der Waals surface area contributed by atoms with Crippen molar-refractivity contribution < 1.29 is 23.1 Å². The molecular weight excluding hydrogens is 387 g/mol. The van der Waals surface area contributed by atoms with Crippen molar-refractivity contribution >= 4 is 23.4 Å². The monoisotopic (exact) mass is 407 g/mol. The van der Waals surface area contributed by atoms with Gasteiger partial charge >= 0.3 is 6.18 Å². The van der Waals surface area contributed by atoms with Crippen LogP contribution in [0.3, 0.4) is 0 Å². The van der Waals surface area contributed by atoms with Crippen LogP contribution in [0.4, 0.5) is 18.9 Å². The van der Waals surface area contributed by atoms with Crippen LogP contribution in [-0.4, -0.2) is 29.0 Å². The standard InChI is InChI=1S/C21H20F3NO2S/c1-3-20(27,21(22,23)24)16-9-10-17-18(12-16)28-14(2)13-25(17)19(26)11-15-7-5-4-6-8-15/h3-10,12,14,27H,1,11,13H2,2H3. The highest BCUT2D eigenvalue weighted by Gasteiger charge is 2.53. The Bertz CT molecular complexity index is 885. The predicted octanol–water partition coefficient (Wildman–Crippen LogP) is 4.69. The molecule has 1 aliphatic rings. The number of carbonyl (C=O) groups is 1.